The Morgan fingerprint density at radius 1 is 0.733 bits per heavy atom. The maximum absolute atomic E-state index is 3.03. The number of hydrogen-bond acceptors (Lipinski definition) is 0. The van der Waals surface area contributed by atoms with Crippen LogP contribution < -0.4 is 0 Å². The van der Waals surface area contributed by atoms with E-state index < -0.39 is 0 Å². The standard InChI is InChI=1S/2C7H7.Zn/c2*1-7-5-3-2-4-6-7;/h2*2-5H,1H3;/q2*-1;+2. The molecule has 2 aromatic carbocycles. The Kier molecular flexibility index (Phi) is 7.86. The zero-order valence-corrected chi connectivity index (χ0v) is 12.3. The number of aryl methyl sites for hydroxylation is 2. The van der Waals surface area contributed by atoms with Crippen LogP contribution in [0.1, 0.15) is 11.1 Å². The minimum atomic E-state index is 0. The fourth-order valence-electron chi connectivity index (χ4n) is 0.966. The van der Waals surface area contributed by atoms with Gasteiger partial charge in [0.1, 0.15) is 0 Å². The topological polar surface area (TPSA) is 0 Å². The summed E-state index contributed by atoms with van der Waals surface area (Å²) in [5.74, 6) is 0. The van der Waals surface area contributed by atoms with Gasteiger partial charge in [0.15, 0.2) is 0 Å². The van der Waals surface area contributed by atoms with Crippen LogP contribution in [0.3, 0.4) is 0 Å². The van der Waals surface area contributed by atoms with Gasteiger partial charge in [0.25, 0.3) is 0 Å². The van der Waals surface area contributed by atoms with E-state index in [4.69, 9.17) is 0 Å². The molecule has 0 spiro atoms. The molecule has 0 saturated carbocycles. The summed E-state index contributed by atoms with van der Waals surface area (Å²) in [6.45, 7) is 4.06. The molecule has 1 heteroatoms. The molecular formula is C14H14Zn. The van der Waals surface area contributed by atoms with Gasteiger partial charge in [-0.3, -0.25) is 0 Å². The summed E-state index contributed by atoms with van der Waals surface area (Å²) in [4.78, 5) is 0. The Labute approximate surface area is 105 Å². The Morgan fingerprint density at radius 3 is 1.27 bits per heavy atom. The Bertz CT molecular complexity index is 303. The van der Waals surface area contributed by atoms with Crippen LogP contribution in [0.2, 0.25) is 0 Å². The van der Waals surface area contributed by atoms with Crippen LogP contribution in [0.5, 0.6) is 0 Å². The first kappa shape index (κ1) is 14.1. The molecule has 0 unspecified atom stereocenters. The molecule has 0 N–H and O–H groups in total. The molecule has 72 valence electrons. The van der Waals surface area contributed by atoms with E-state index in [1.165, 1.54) is 11.1 Å². The van der Waals surface area contributed by atoms with Crippen molar-refractivity contribution >= 4 is 0 Å². The fraction of sp³-hybridized carbons (Fsp3) is 0.143. The number of rotatable bonds is 0. The van der Waals surface area contributed by atoms with Gasteiger partial charge in [-0.15, -0.1) is 0 Å². The summed E-state index contributed by atoms with van der Waals surface area (Å²) in [5, 5.41) is 0. The van der Waals surface area contributed by atoms with E-state index in [0.29, 0.717) is 0 Å². The molecule has 0 radical (unpaired) electrons. The van der Waals surface area contributed by atoms with Gasteiger partial charge in [0.2, 0.25) is 0 Å². The second-order valence-electron chi connectivity index (χ2n) is 3.09. The van der Waals surface area contributed by atoms with Crippen LogP contribution >= 0.6 is 0 Å². The normalized spacial score (nSPS) is 8.13. The van der Waals surface area contributed by atoms with Crippen LogP contribution in [0.15, 0.2) is 48.5 Å². The Morgan fingerprint density at radius 2 is 1.13 bits per heavy atom. The van der Waals surface area contributed by atoms with Crippen LogP contribution in [0.4, 0.5) is 0 Å². The second kappa shape index (κ2) is 8.38. The molecule has 0 aliphatic rings. The van der Waals surface area contributed by atoms with Gasteiger partial charge in [-0.05, 0) is 0 Å². The molecule has 0 bridgehead atoms. The largest absolute Gasteiger partial charge is 2.00 e. The zero-order valence-electron chi connectivity index (χ0n) is 9.33. The van der Waals surface area contributed by atoms with Crippen molar-refractivity contribution in [3.8, 4) is 0 Å². The van der Waals surface area contributed by atoms with Gasteiger partial charge >= 0.3 is 19.5 Å². The fourth-order valence-corrected chi connectivity index (χ4v) is 0.966. The van der Waals surface area contributed by atoms with Crippen LogP contribution in [-0.4, -0.2) is 0 Å². The summed E-state index contributed by atoms with van der Waals surface area (Å²) in [6.07, 6.45) is 0. The molecule has 2 aromatic rings. The van der Waals surface area contributed by atoms with Gasteiger partial charge in [0.05, 0.1) is 0 Å². The molecule has 0 aromatic heterocycles. The smallest absolute Gasteiger partial charge is 0.181 e. The third kappa shape index (κ3) is 7.05. The predicted octanol–water partition coefficient (Wildman–Crippen LogP) is 3.59. The van der Waals surface area contributed by atoms with Crippen LogP contribution in [0.25, 0.3) is 0 Å². The summed E-state index contributed by atoms with van der Waals surface area (Å²) in [7, 11) is 0. The molecule has 0 aliphatic heterocycles. The first-order chi connectivity index (χ1) is 6.79. The summed E-state index contributed by atoms with van der Waals surface area (Å²) in [6, 6.07) is 21.9. The van der Waals surface area contributed by atoms with Crippen molar-refractivity contribution in [2.45, 2.75) is 13.8 Å². The minimum absolute atomic E-state index is 0. The van der Waals surface area contributed by atoms with Crippen LogP contribution in [-0.2, 0) is 19.5 Å². The second-order valence-corrected chi connectivity index (χ2v) is 3.09. The van der Waals surface area contributed by atoms with Gasteiger partial charge in [-0.1, -0.05) is 13.8 Å². The average Bonchev–Trinajstić information content (AvgIpc) is 2.21. The van der Waals surface area contributed by atoms with Crippen LogP contribution in [0, 0.1) is 26.0 Å². The third-order valence-corrected chi connectivity index (χ3v) is 1.73. The molecule has 15 heavy (non-hydrogen) atoms. The van der Waals surface area contributed by atoms with Crippen molar-refractivity contribution in [2.24, 2.45) is 0 Å². The van der Waals surface area contributed by atoms with Gasteiger partial charge in [0, 0.05) is 0 Å². The van der Waals surface area contributed by atoms with E-state index in [1.807, 2.05) is 62.4 Å². The van der Waals surface area contributed by atoms with E-state index in [9.17, 15) is 0 Å². The maximum Gasteiger partial charge on any atom is 2.00 e. The molecule has 0 aliphatic carbocycles. The maximum atomic E-state index is 3.03. The monoisotopic (exact) mass is 246 g/mol. The molecular weight excluding hydrogens is 234 g/mol. The van der Waals surface area contributed by atoms with Gasteiger partial charge < -0.3 is 0 Å². The van der Waals surface area contributed by atoms with E-state index in [-0.39, 0.29) is 19.5 Å². The number of hydrogen-bond donors (Lipinski definition) is 0. The summed E-state index contributed by atoms with van der Waals surface area (Å²) in [5.41, 5.74) is 2.39. The third-order valence-electron chi connectivity index (χ3n) is 1.73. The molecule has 2 rings (SSSR count). The molecule has 0 amide bonds. The van der Waals surface area contributed by atoms with Gasteiger partial charge in [-0.2, -0.15) is 71.8 Å². The van der Waals surface area contributed by atoms with Crippen molar-refractivity contribution in [3.05, 3.63) is 71.8 Å². The van der Waals surface area contributed by atoms with Crippen molar-refractivity contribution in [2.75, 3.05) is 0 Å². The predicted molar refractivity (Wildman–Crippen MR) is 60.0 cm³/mol. The molecule has 0 saturated heterocycles. The summed E-state index contributed by atoms with van der Waals surface area (Å²) >= 11 is 0. The van der Waals surface area contributed by atoms with E-state index in [0.717, 1.165) is 0 Å². The van der Waals surface area contributed by atoms with Crippen molar-refractivity contribution in [1.82, 2.24) is 0 Å². The number of benzene rings is 2. The van der Waals surface area contributed by atoms with E-state index >= 15 is 0 Å². The zero-order chi connectivity index (χ0) is 10.2. The average molecular weight is 248 g/mol. The molecule has 0 fully saturated rings. The van der Waals surface area contributed by atoms with Crippen molar-refractivity contribution in [1.29, 1.82) is 0 Å². The van der Waals surface area contributed by atoms with E-state index in [1.54, 1.807) is 0 Å². The van der Waals surface area contributed by atoms with Crippen molar-refractivity contribution < 1.29 is 19.5 Å². The first-order valence-electron chi connectivity index (χ1n) is 4.65. The molecule has 0 nitrogen and oxygen atoms in total. The molecule has 0 heterocycles. The Balaban J connectivity index is 0.000000245. The first-order valence-corrected chi connectivity index (χ1v) is 4.65. The minimum Gasteiger partial charge on any atom is -0.181 e. The van der Waals surface area contributed by atoms with Gasteiger partial charge in [-0.25, -0.2) is 0 Å². The SMILES string of the molecule is Cc1[c-]cccc1.Cc1[c-]cccc1.[Zn+2]. The quantitative estimate of drug-likeness (QED) is 0.493. The summed E-state index contributed by atoms with van der Waals surface area (Å²) < 4.78 is 0. The van der Waals surface area contributed by atoms with E-state index in [2.05, 4.69) is 12.1 Å². The van der Waals surface area contributed by atoms with Crippen molar-refractivity contribution in [3.63, 3.8) is 0 Å². The molecule has 0 atom stereocenters. The Hall–Kier alpha value is -0.937.